The van der Waals surface area contributed by atoms with Crippen molar-refractivity contribution in [3.63, 3.8) is 0 Å². The summed E-state index contributed by atoms with van der Waals surface area (Å²) in [5.41, 5.74) is 0.729. The maximum absolute atomic E-state index is 11.6. The first-order valence-electron chi connectivity index (χ1n) is 5.77. The summed E-state index contributed by atoms with van der Waals surface area (Å²) in [6.07, 6.45) is 1.80. The topological polar surface area (TPSA) is 68.5 Å². The molecule has 6 nitrogen and oxygen atoms in total. The van der Waals surface area contributed by atoms with Crippen LogP contribution in [0.5, 0.6) is 0 Å². The van der Waals surface area contributed by atoms with E-state index < -0.39 is 6.04 Å². The molecule has 1 N–H and O–H groups in total. The number of methoxy groups -OCH3 is 1. The van der Waals surface area contributed by atoms with Crippen LogP contribution in [0.2, 0.25) is 0 Å². The number of pyridine rings is 1. The minimum absolute atomic E-state index is 0.0871. The molecule has 18 heavy (non-hydrogen) atoms. The molecular formula is C12H16N4O2. The van der Waals surface area contributed by atoms with Gasteiger partial charge in [0, 0.05) is 6.20 Å². The smallest absolute Gasteiger partial charge is 0.328 e. The molecule has 0 aliphatic rings. The summed E-state index contributed by atoms with van der Waals surface area (Å²) >= 11 is 0. The van der Waals surface area contributed by atoms with Crippen molar-refractivity contribution in [2.45, 2.75) is 19.9 Å². The Labute approximate surface area is 105 Å². The minimum atomic E-state index is -0.451. The molecule has 6 heteroatoms. The summed E-state index contributed by atoms with van der Waals surface area (Å²) < 4.78 is 6.41. The highest BCUT2D eigenvalue weighted by atomic mass is 16.5. The van der Waals surface area contributed by atoms with Gasteiger partial charge in [-0.3, -0.25) is 0 Å². The zero-order chi connectivity index (χ0) is 13.1. The lowest BCUT2D eigenvalue weighted by molar-refractivity contribution is -0.142. The summed E-state index contributed by atoms with van der Waals surface area (Å²) in [7, 11) is 1.37. The number of anilines is 1. The number of nitrogens with zero attached hydrogens (tertiary/aromatic N) is 3. The van der Waals surface area contributed by atoms with Crippen molar-refractivity contribution in [2.75, 3.05) is 12.4 Å². The SMILES string of the molecule is COC(=O)C(Nc1nc2ccccn2n1)C(C)C. The van der Waals surface area contributed by atoms with Gasteiger partial charge in [0.1, 0.15) is 6.04 Å². The number of carbonyl (C=O) groups is 1. The van der Waals surface area contributed by atoms with Crippen LogP contribution in [-0.4, -0.2) is 33.7 Å². The van der Waals surface area contributed by atoms with Gasteiger partial charge in [-0.1, -0.05) is 19.9 Å². The molecule has 96 valence electrons. The Bertz CT molecular complexity index is 517. The van der Waals surface area contributed by atoms with Crippen molar-refractivity contribution >= 4 is 17.6 Å². The number of carbonyl (C=O) groups excluding carboxylic acids is 1. The number of ether oxygens (including phenoxy) is 1. The number of aromatic nitrogens is 3. The second-order valence-corrected chi connectivity index (χ2v) is 4.33. The van der Waals surface area contributed by atoms with E-state index in [-0.39, 0.29) is 11.9 Å². The Morgan fingerprint density at radius 3 is 2.83 bits per heavy atom. The number of rotatable bonds is 4. The molecule has 0 fully saturated rings. The van der Waals surface area contributed by atoms with Crippen LogP contribution >= 0.6 is 0 Å². The van der Waals surface area contributed by atoms with Crippen LogP contribution in [0.25, 0.3) is 5.65 Å². The monoisotopic (exact) mass is 248 g/mol. The quantitative estimate of drug-likeness (QED) is 0.827. The van der Waals surface area contributed by atoms with Crippen LogP contribution in [-0.2, 0) is 9.53 Å². The third kappa shape index (κ3) is 2.42. The van der Waals surface area contributed by atoms with E-state index in [1.54, 1.807) is 10.7 Å². The van der Waals surface area contributed by atoms with Gasteiger partial charge >= 0.3 is 5.97 Å². The Hall–Kier alpha value is -2.11. The number of hydrogen-bond acceptors (Lipinski definition) is 5. The summed E-state index contributed by atoms with van der Waals surface area (Å²) in [4.78, 5) is 15.9. The molecule has 0 spiro atoms. The number of nitrogens with one attached hydrogen (secondary N) is 1. The molecule has 2 aromatic rings. The Morgan fingerprint density at radius 2 is 2.22 bits per heavy atom. The lowest BCUT2D eigenvalue weighted by Gasteiger charge is -2.18. The number of hydrogen-bond donors (Lipinski definition) is 1. The predicted molar refractivity (Wildman–Crippen MR) is 67.3 cm³/mol. The van der Waals surface area contributed by atoms with E-state index in [9.17, 15) is 4.79 Å². The van der Waals surface area contributed by atoms with Gasteiger partial charge in [-0.2, -0.15) is 4.98 Å². The molecule has 2 rings (SSSR count). The Kier molecular flexibility index (Phi) is 3.45. The fraction of sp³-hybridized carbons (Fsp3) is 0.417. The maximum atomic E-state index is 11.6. The normalized spacial score (nSPS) is 12.7. The molecule has 2 aromatic heterocycles. The second-order valence-electron chi connectivity index (χ2n) is 4.33. The highest BCUT2D eigenvalue weighted by molar-refractivity contribution is 5.78. The van der Waals surface area contributed by atoms with E-state index in [2.05, 4.69) is 15.4 Å². The fourth-order valence-electron chi connectivity index (χ4n) is 1.66. The molecule has 0 saturated heterocycles. The largest absolute Gasteiger partial charge is 0.467 e. The molecule has 0 bridgehead atoms. The lowest BCUT2D eigenvalue weighted by atomic mass is 10.1. The van der Waals surface area contributed by atoms with Crippen molar-refractivity contribution in [1.82, 2.24) is 14.6 Å². The van der Waals surface area contributed by atoms with Crippen molar-refractivity contribution in [1.29, 1.82) is 0 Å². The van der Waals surface area contributed by atoms with Crippen molar-refractivity contribution < 1.29 is 9.53 Å². The fourth-order valence-corrected chi connectivity index (χ4v) is 1.66. The molecule has 2 heterocycles. The molecule has 0 aromatic carbocycles. The Morgan fingerprint density at radius 1 is 1.44 bits per heavy atom. The molecule has 0 amide bonds. The third-order valence-corrected chi connectivity index (χ3v) is 2.65. The standard InChI is InChI=1S/C12H16N4O2/c1-8(2)10(11(17)18-3)14-12-13-9-6-4-5-7-16(9)15-12/h4-8,10H,1-3H3,(H,14,15). The first kappa shape index (κ1) is 12.3. The average Bonchev–Trinajstić information content (AvgIpc) is 2.77. The van der Waals surface area contributed by atoms with Gasteiger partial charge in [0.05, 0.1) is 7.11 Å². The predicted octanol–water partition coefficient (Wildman–Crippen LogP) is 1.34. The lowest BCUT2D eigenvalue weighted by Crippen LogP contribution is -2.35. The summed E-state index contributed by atoms with van der Waals surface area (Å²) in [6.45, 7) is 3.87. The van der Waals surface area contributed by atoms with E-state index in [1.165, 1.54) is 7.11 Å². The molecule has 0 aliphatic carbocycles. The van der Waals surface area contributed by atoms with Gasteiger partial charge in [0.15, 0.2) is 5.65 Å². The van der Waals surface area contributed by atoms with Crippen molar-refractivity contribution in [2.24, 2.45) is 5.92 Å². The molecule has 0 radical (unpaired) electrons. The van der Waals surface area contributed by atoms with Crippen LogP contribution in [0.3, 0.4) is 0 Å². The first-order chi connectivity index (χ1) is 8.61. The van der Waals surface area contributed by atoms with E-state index in [1.807, 2.05) is 32.0 Å². The van der Waals surface area contributed by atoms with Crippen molar-refractivity contribution in [3.8, 4) is 0 Å². The first-order valence-corrected chi connectivity index (χ1v) is 5.77. The summed E-state index contributed by atoms with van der Waals surface area (Å²) in [5.74, 6) is 0.193. The second kappa shape index (κ2) is 5.03. The van der Waals surface area contributed by atoms with E-state index in [0.717, 1.165) is 5.65 Å². The highest BCUT2D eigenvalue weighted by Gasteiger charge is 2.24. The van der Waals surface area contributed by atoms with Crippen LogP contribution in [0.1, 0.15) is 13.8 Å². The zero-order valence-corrected chi connectivity index (χ0v) is 10.6. The average molecular weight is 248 g/mol. The van der Waals surface area contributed by atoms with Crippen molar-refractivity contribution in [3.05, 3.63) is 24.4 Å². The van der Waals surface area contributed by atoms with Gasteiger partial charge in [-0.15, -0.1) is 5.10 Å². The van der Waals surface area contributed by atoms with E-state index >= 15 is 0 Å². The van der Waals surface area contributed by atoms with Gasteiger partial charge in [0.2, 0.25) is 5.95 Å². The summed E-state index contributed by atoms with van der Waals surface area (Å²) in [5, 5.41) is 7.24. The molecule has 0 aliphatic heterocycles. The molecular weight excluding hydrogens is 232 g/mol. The number of fused-ring (bicyclic) bond motifs is 1. The van der Waals surface area contributed by atoms with Gasteiger partial charge < -0.3 is 10.1 Å². The van der Waals surface area contributed by atoms with E-state index in [0.29, 0.717) is 5.95 Å². The molecule has 0 saturated carbocycles. The van der Waals surface area contributed by atoms with Crippen LogP contribution in [0.4, 0.5) is 5.95 Å². The van der Waals surface area contributed by atoms with Crippen LogP contribution < -0.4 is 5.32 Å². The number of esters is 1. The molecule has 1 atom stereocenters. The minimum Gasteiger partial charge on any atom is -0.467 e. The van der Waals surface area contributed by atoms with Gasteiger partial charge in [-0.05, 0) is 18.1 Å². The zero-order valence-electron chi connectivity index (χ0n) is 10.6. The van der Waals surface area contributed by atoms with Gasteiger partial charge in [-0.25, -0.2) is 9.31 Å². The third-order valence-electron chi connectivity index (χ3n) is 2.65. The molecule has 1 unspecified atom stereocenters. The van der Waals surface area contributed by atoms with Crippen LogP contribution in [0, 0.1) is 5.92 Å². The Balaban J connectivity index is 2.23. The highest BCUT2D eigenvalue weighted by Crippen LogP contribution is 2.11. The maximum Gasteiger partial charge on any atom is 0.328 e. The summed E-state index contributed by atoms with van der Waals surface area (Å²) in [6, 6.07) is 5.15. The van der Waals surface area contributed by atoms with Crippen LogP contribution in [0.15, 0.2) is 24.4 Å². The van der Waals surface area contributed by atoms with Gasteiger partial charge in [0.25, 0.3) is 0 Å². The van der Waals surface area contributed by atoms with E-state index in [4.69, 9.17) is 4.74 Å².